The van der Waals surface area contributed by atoms with Gasteiger partial charge in [-0.15, -0.1) is 0 Å². The average molecular weight is 440 g/mol. The van der Waals surface area contributed by atoms with E-state index < -0.39 is 21.1 Å². The minimum Gasteiger partial charge on any atom is -0.381 e. The van der Waals surface area contributed by atoms with Gasteiger partial charge in [-0.1, -0.05) is 34.8 Å². The molecular weight excluding hydrogens is 423 g/mol. The van der Waals surface area contributed by atoms with Crippen LogP contribution in [0.2, 0.25) is 15.1 Å². The zero-order valence-electron chi connectivity index (χ0n) is 14.2. The van der Waals surface area contributed by atoms with Crippen molar-refractivity contribution in [1.29, 1.82) is 0 Å². The van der Waals surface area contributed by atoms with Crippen molar-refractivity contribution in [3.05, 3.63) is 49.8 Å². The van der Waals surface area contributed by atoms with Crippen molar-refractivity contribution in [2.45, 2.75) is 19.4 Å². The highest BCUT2D eigenvalue weighted by atomic mass is 35.5. The number of rotatable bonds is 6. The summed E-state index contributed by atoms with van der Waals surface area (Å²) in [5.41, 5.74) is -0.754. The molecule has 0 atom stereocenters. The number of hydrogen-bond acceptors (Lipinski definition) is 5. The number of nitrogens with one attached hydrogen (secondary N) is 2. The molecular formula is C15H17Cl3N4O3S. The lowest BCUT2D eigenvalue weighted by atomic mass is 10.1. The van der Waals surface area contributed by atoms with E-state index in [1.807, 2.05) is 0 Å². The molecule has 0 saturated carbocycles. The third kappa shape index (κ3) is 5.34. The van der Waals surface area contributed by atoms with Crippen LogP contribution in [0.3, 0.4) is 0 Å². The molecule has 142 valence electrons. The highest BCUT2D eigenvalue weighted by molar-refractivity contribution is 7.88. The molecule has 2 rings (SSSR count). The summed E-state index contributed by atoms with van der Waals surface area (Å²) >= 11 is 18.1. The molecule has 7 nitrogen and oxygen atoms in total. The summed E-state index contributed by atoms with van der Waals surface area (Å²) in [6, 6.07) is 4.63. The second kappa shape index (κ2) is 7.74. The van der Waals surface area contributed by atoms with Crippen LogP contribution in [0, 0.1) is 0 Å². The standard InChI is InChI=1S/C15H17Cl3N4O3S/c1-15(2,21-26(3,24)25)8-19-11-7-20-22(14(23)13(11)18)12-5-4-9(16)6-10(12)17/h4-7,19,21H,8H2,1-3H3. The highest BCUT2D eigenvalue weighted by Crippen LogP contribution is 2.24. The molecule has 1 heterocycles. The van der Waals surface area contributed by atoms with Gasteiger partial charge in [-0.2, -0.15) is 9.78 Å². The first-order valence-corrected chi connectivity index (χ1v) is 10.4. The van der Waals surface area contributed by atoms with E-state index in [2.05, 4.69) is 15.1 Å². The number of halogens is 3. The summed E-state index contributed by atoms with van der Waals surface area (Å²) in [5, 5.41) is 7.58. The minimum absolute atomic E-state index is 0.0961. The zero-order valence-corrected chi connectivity index (χ0v) is 17.3. The molecule has 0 spiro atoms. The SMILES string of the molecule is CC(C)(CNc1cnn(-c2ccc(Cl)cc2Cl)c(=O)c1Cl)NS(C)(=O)=O. The van der Waals surface area contributed by atoms with Crippen LogP contribution in [0.25, 0.3) is 5.69 Å². The smallest absolute Gasteiger partial charge is 0.292 e. The number of aromatic nitrogens is 2. The summed E-state index contributed by atoms with van der Waals surface area (Å²) in [6.45, 7) is 3.57. The van der Waals surface area contributed by atoms with Crippen LogP contribution in [-0.2, 0) is 10.0 Å². The van der Waals surface area contributed by atoms with E-state index in [1.165, 1.54) is 12.3 Å². The molecule has 0 fully saturated rings. The summed E-state index contributed by atoms with van der Waals surface area (Å²) in [6.07, 6.45) is 2.44. The molecule has 0 bridgehead atoms. The second-order valence-electron chi connectivity index (χ2n) is 6.30. The average Bonchev–Trinajstić information content (AvgIpc) is 2.47. The van der Waals surface area contributed by atoms with Gasteiger partial charge in [-0.3, -0.25) is 4.79 Å². The maximum absolute atomic E-state index is 12.5. The van der Waals surface area contributed by atoms with E-state index >= 15 is 0 Å². The summed E-state index contributed by atoms with van der Waals surface area (Å²) in [4.78, 5) is 12.5. The number of sulfonamides is 1. The number of benzene rings is 1. The van der Waals surface area contributed by atoms with Gasteiger partial charge in [0.05, 0.1) is 28.9 Å². The van der Waals surface area contributed by atoms with Crippen molar-refractivity contribution in [2.24, 2.45) is 0 Å². The Morgan fingerprint density at radius 2 is 1.88 bits per heavy atom. The van der Waals surface area contributed by atoms with Crippen LogP contribution in [0.1, 0.15) is 13.8 Å². The second-order valence-corrected chi connectivity index (χ2v) is 9.27. The monoisotopic (exact) mass is 438 g/mol. The maximum atomic E-state index is 12.5. The Labute approximate surface area is 166 Å². The Kier molecular flexibility index (Phi) is 6.24. The van der Waals surface area contributed by atoms with Gasteiger partial charge >= 0.3 is 0 Å². The van der Waals surface area contributed by atoms with E-state index in [0.717, 1.165) is 10.9 Å². The Hall–Kier alpha value is -1.32. The van der Waals surface area contributed by atoms with Gasteiger partial charge in [0.2, 0.25) is 10.0 Å². The third-order valence-electron chi connectivity index (χ3n) is 3.24. The van der Waals surface area contributed by atoms with Crippen LogP contribution < -0.4 is 15.6 Å². The van der Waals surface area contributed by atoms with Gasteiger partial charge in [-0.25, -0.2) is 13.1 Å². The quantitative estimate of drug-likeness (QED) is 0.722. The van der Waals surface area contributed by atoms with Crippen molar-refractivity contribution >= 4 is 50.5 Å². The van der Waals surface area contributed by atoms with Crippen molar-refractivity contribution in [3.63, 3.8) is 0 Å². The predicted molar refractivity (Wildman–Crippen MR) is 105 cm³/mol. The van der Waals surface area contributed by atoms with Gasteiger partial charge in [0.15, 0.2) is 0 Å². The van der Waals surface area contributed by atoms with Crippen LogP contribution in [0.15, 0.2) is 29.2 Å². The first kappa shape index (κ1) is 21.0. The van der Waals surface area contributed by atoms with Gasteiger partial charge in [0.1, 0.15) is 5.02 Å². The lowest BCUT2D eigenvalue weighted by Gasteiger charge is -2.26. The molecule has 11 heteroatoms. The maximum Gasteiger partial charge on any atom is 0.292 e. The molecule has 2 aromatic rings. The van der Waals surface area contributed by atoms with E-state index in [1.54, 1.807) is 26.0 Å². The van der Waals surface area contributed by atoms with Gasteiger partial charge in [0.25, 0.3) is 5.56 Å². The largest absolute Gasteiger partial charge is 0.381 e. The van der Waals surface area contributed by atoms with Gasteiger partial charge in [0, 0.05) is 17.1 Å². The number of nitrogens with zero attached hydrogens (tertiary/aromatic N) is 2. The van der Waals surface area contributed by atoms with E-state index in [4.69, 9.17) is 34.8 Å². The van der Waals surface area contributed by atoms with E-state index in [-0.39, 0.29) is 22.3 Å². The normalized spacial score (nSPS) is 12.2. The van der Waals surface area contributed by atoms with Crippen molar-refractivity contribution < 1.29 is 8.42 Å². The number of anilines is 1. The Morgan fingerprint density at radius 3 is 2.46 bits per heavy atom. The summed E-state index contributed by atoms with van der Waals surface area (Å²) in [5.74, 6) is 0. The van der Waals surface area contributed by atoms with Crippen molar-refractivity contribution in [1.82, 2.24) is 14.5 Å². The molecule has 0 aliphatic heterocycles. The first-order valence-electron chi connectivity index (χ1n) is 7.36. The fourth-order valence-electron chi connectivity index (χ4n) is 2.23. The fraction of sp³-hybridized carbons (Fsp3) is 0.333. The van der Waals surface area contributed by atoms with E-state index in [9.17, 15) is 13.2 Å². The Morgan fingerprint density at radius 1 is 1.23 bits per heavy atom. The van der Waals surface area contributed by atoms with Crippen LogP contribution >= 0.6 is 34.8 Å². The van der Waals surface area contributed by atoms with Gasteiger partial charge in [-0.05, 0) is 32.0 Å². The summed E-state index contributed by atoms with van der Waals surface area (Å²) < 4.78 is 26.3. The highest BCUT2D eigenvalue weighted by Gasteiger charge is 2.23. The Bertz CT molecular complexity index is 990. The molecule has 1 aromatic heterocycles. The number of hydrogen-bond donors (Lipinski definition) is 2. The fourth-order valence-corrected chi connectivity index (χ4v) is 3.99. The molecule has 0 radical (unpaired) electrons. The van der Waals surface area contributed by atoms with Crippen molar-refractivity contribution in [2.75, 3.05) is 18.1 Å². The van der Waals surface area contributed by atoms with Crippen LogP contribution in [-0.4, -0.2) is 36.5 Å². The zero-order chi connectivity index (χ0) is 19.7. The molecule has 0 aliphatic carbocycles. The minimum atomic E-state index is -3.39. The predicted octanol–water partition coefficient (Wildman–Crippen LogP) is 2.93. The Balaban J connectivity index is 2.29. The lowest BCUT2D eigenvalue weighted by molar-refractivity contribution is 0.476. The molecule has 26 heavy (non-hydrogen) atoms. The summed E-state index contributed by atoms with van der Waals surface area (Å²) in [7, 11) is -3.39. The topological polar surface area (TPSA) is 93.1 Å². The molecule has 0 unspecified atom stereocenters. The first-order chi connectivity index (χ1) is 11.9. The van der Waals surface area contributed by atoms with Gasteiger partial charge < -0.3 is 5.32 Å². The lowest BCUT2D eigenvalue weighted by Crippen LogP contribution is -2.47. The van der Waals surface area contributed by atoms with Crippen molar-refractivity contribution in [3.8, 4) is 5.69 Å². The van der Waals surface area contributed by atoms with Crippen LogP contribution in [0.5, 0.6) is 0 Å². The molecule has 0 aliphatic rings. The van der Waals surface area contributed by atoms with E-state index in [0.29, 0.717) is 10.7 Å². The van der Waals surface area contributed by atoms with Crippen LogP contribution in [0.4, 0.5) is 5.69 Å². The molecule has 0 amide bonds. The third-order valence-corrected chi connectivity index (χ3v) is 5.07. The molecule has 1 aromatic carbocycles. The molecule has 2 N–H and O–H groups in total. The molecule has 0 saturated heterocycles.